The van der Waals surface area contributed by atoms with Crippen molar-refractivity contribution in [3.63, 3.8) is 0 Å². The van der Waals surface area contributed by atoms with Gasteiger partial charge in [-0.15, -0.1) is 13.2 Å². The van der Waals surface area contributed by atoms with Crippen LogP contribution in [0.15, 0.2) is 85.6 Å². The molecular weight excluding hydrogens is 437 g/mol. The summed E-state index contributed by atoms with van der Waals surface area (Å²) in [5.74, 6) is -0.0421. The van der Waals surface area contributed by atoms with Crippen molar-refractivity contribution in [1.82, 2.24) is 19.9 Å². The molecule has 4 aromatic rings. The van der Waals surface area contributed by atoms with E-state index >= 15 is 0 Å². The highest BCUT2D eigenvalue weighted by Gasteiger charge is 2.31. The van der Waals surface area contributed by atoms with Gasteiger partial charge >= 0.3 is 6.36 Å². The Morgan fingerprint density at radius 3 is 2.33 bits per heavy atom. The fourth-order valence-corrected chi connectivity index (χ4v) is 2.91. The van der Waals surface area contributed by atoms with Gasteiger partial charge in [0.1, 0.15) is 17.9 Å². The molecule has 0 saturated heterocycles. The average Bonchev–Trinajstić information content (AvgIpc) is 2.80. The summed E-state index contributed by atoms with van der Waals surface area (Å²) >= 11 is 0. The SMILES string of the molecule is O=C(Nc1cccc(N(c2ccncn2)c2ncccn2)c1)c1ccc(OC(F)(F)F)cc1. The first-order chi connectivity index (χ1) is 15.9. The monoisotopic (exact) mass is 452 g/mol. The molecule has 11 heteroatoms. The minimum absolute atomic E-state index is 0.161. The second-order valence-corrected chi connectivity index (χ2v) is 6.53. The van der Waals surface area contributed by atoms with Crippen molar-refractivity contribution >= 4 is 29.0 Å². The molecule has 0 atom stereocenters. The number of carbonyl (C=O) groups excluding carboxylic acids is 1. The molecule has 0 aliphatic carbocycles. The molecule has 0 aliphatic rings. The Bertz CT molecular complexity index is 1180. The number of rotatable bonds is 6. The van der Waals surface area contributed by atoms with Crippen LogP contribution in [-0.4, -0.2) is 32.2 Å². The number of hydrogen-bond acceptors (Lipinski definition) is 7. The maximum Gasteiger partial charge on any atom is 0.573 e. The van der Waals surface area contributed by atoms with E-state index in [-0.39, 0.29) is 5.56 Å². The van der Waals surface area contributed by atoms with Crippen molar-refractivity contribution < 1.29 is 22.7 Å². The predicted molar refractivity (Wildman–Crippen MR) is 113 cm³/mol. The second kappa shape index (κ2) is 9.30. The van der Waals surface area contributed by atoms with Crippen LogP contribution in [0.25, 0.3) is 0 Å². The normalized spacial score (nSPS) is 11.0. The predicted octanol–water partition coefficient (Wildman–Crippen LogP) is 4.89. The maximum atomic E-state index is 12.6. The van der Waals surface area contributed by atoms with E-state index < -0.39 is 18.0 Å². The third-order valence-corrected chi connectivity index (χ3v) is 4.26. The summed E-state index contributed by atoms with van der Waals surface area (Å²) in [5, 5.41) is 2.72. The molecule has 0 unspecified atom stereocenters. The van der Waals surface area contributed by atoms with Gasteiger partial charge in [0.05, 0.1) is 5.69 Å². The molecule has 0 bridgehead atoms. The Morgan fingerprint density at radius 1 is 0.909 bits per heavy atom. The minimum atomic E-state index is -4.80. The van der Waals surface area contributed by atoms with Gasteiger partial charge < -0.3 is 10.1 Å². The lowest BCUT2D eigenvalue weighted by molar-refractivity contribution is -0.274. The van der Waals surface area contributed by atoms with Crippen molar-refractivity contribution in [3.05, 3.63) is 91.1 Å². The minimum Gasteiger partial charge on any atom is -0.406 e. The maximum absolute atomic E-state index is 12.6. The van der Waals surface area contributed by atoms with Gasteiger partial charge in [-0.3, -0.25) is 9.69 Å². The van der Waals surface area contributed by atoms with Crippen LogP contribution in [0.1, 0.15) is 10.4 Å². The molecule has 0 spiro atoms. The number of halogens is 3. The zero-order valence-corrected chi connectivity index (χ0v) is 16.8. The van der Waals surface area contributed by atoms with Crippen LogP contribution >= 0.6 is 0 Å². The number of benzene rings is 2. The number of aromatic nitrogens is 4. The Labute approximate surface area is 185 Å². The molecule has 2 aromatic carbocycles. The first kappa shape index (κ1) is 21.7. The zero-order valence-electron chi connectivity index (χ0n) is 16.8. The Kier molecular flexibility index (Phi) is 6.11. The van der Waals surface area contributed by atoms with Gasteiger partial charge in [0.25, 0.3) is 5.91 Å². The average molecular weight is 452 g/mol. The number of hydrogen-bond donors (Lipinski definition) is 1. The van der Waals surface area contributed by atoms with Crippen molar-refractivity contribution in [2.24, 2.45) is 0 Å². The van der Waals surface area contributed by atoms with Gasteiger partial charge in [0, 0.05) is 29.8 Å². The molecule has 166 valence electrons. The third-order valence-electron chi connectivity index (χ3n) is 4.26. The number of anilines is 4. The topological polar surface area (TPSA) is 93.1 Å². The lowest BCUT2D eigenvalue weighted by atomic mass is 10.2. The zero-order chi connectivity index (χ0) is 23.3. The quantitative estimate of drug-likeness (QED) is 0.445. The van der Waals surface area contributed by atoms with Crippen LogP contribution in [0.5, 0.6) is 5.75 Å². The van der Waals surface area contributed by atoms with Crippen LogP contribution in [0.3, 0.4) is 0 Å². The van der Waals surface area contributed by atoms with Crippen molar-refractivity contribution in [2.45, 2.75) is 6.36 Å². The van der Waals surface area contributed by atoms with E-state index in [9.17, 15) is 18.0 Å². The second-order valence-electron chi connectivity index (χ2n) is 6.53. The molecule has 1 amide bonds. The first-order valence-electron chi connectivity index (χ1n) is 9.49. The van der Waals surface area contributed by atoms with E-state index in [0.29, 0.717) is 23.1 Å². The first-order valence-corrected chi connectivity index (χ1v) is 9.49. The molecule has 4 rings (SSSR count). The molecule has 2 aromatic heterocycles. The van der Waals surface area contributed by atoms with Crippen LogP contribution in [0, 0.1) is 0 Å². The van der Waals surface area contributed by atoms with Crippen molar-refractivity contribution in [1.29, 1.82) is 0 Å². The Hall–Kier alpha value is -4.54. The number of carbonyl (C=O) groups is 1. The molecule has 33 heavy (non-hydrogen) atoms. The Morgan fingerprint density at radius 2 is 1.67 bits per heavy atom. The number of nitrogens with zero attached hydrogens (tertiary/aromatic N) is 5. The van der Waals surface area contributed by atoms with Crippen LogP contribution in [0.2, 0.25) is 0 Å². The fourth-order valence-electron chi connectivity index (χ4n) is 2.91. The third kappa shape index (κ3) is 5.58. The smallest absolute Gasteiger partial charge is 0.406 e. The molecule has 0 fully saturated rings. The summed E-state index contributed by atoms with van der Waals surface area (Å²) in [6, 6.07) is 14.9. The van der Waals surface area contributed by atoms with Gasteiger partial charge in [0.15, 0.2) is 0 Å². The highest BCUT2D eigenvalue weighted by molar-refractivity contribution is 6.04. The van der Waals surface area contributed by atoms with E-state index in [0.717, 1.165) is 12.1 Å². The van der Waals surface area contributed by atoms with Gasteiger partial charge in [0.2, 0.25) is 5.95 Å². The van der Waals surface area contributed by atoms with Crippen LogP contribution < -0.4 is 15.0 Å². The summed E-state index contributed by atoms with van der Waals surface area (Å²) in [5.41, 5.74) is 1.23. The van der Waals surface area contributed by atoms with E-state index in [1.807, 2.05) is 0 Å². The summed E-state index contributed by atoms with van der Waals surface area (Å²) in [7, 11) is 0. The molecule has 0 saturated carbocycles. The summed E-state index contributed by atoms with van der Waals surface area (Å²) in [6.45, 7) is 0. The number of ether oxygens (including phenoxy) is 1. The largest absolute Gasteiger partial charge is 0.573 e. The molecule has 2 heterocycles. The van der Waals surface area contributed by atoms with Gasteiger partial charge in [-0.2, -0.15) is 0 Å². The van der Waals surface area contributed by atoms with Gasteiger partial charge in [-0.25, -0.2) is 19.9 Å². The van der Waals surface area contributed by atoms with E-state index in [4.69, 9.17) is 0 Å². The highest BCUT2D eigenvalue weighted by atomic mass is 19.4. The molecule has 0 radical (unpaired) electrons. The van der Waals surface area contributed by atoms with E-state index in [2.05, 4.69) is 30.0 Å². The molecule has 8 nitrogen and oxygen atoms in total. The van der Waals surface area contributed by atoms with Crippen molar-refractivity contribution in [2.75, 3.05) is 10.2 Å². The van der Waals surface area contributed by atoms with Crippen LogP contribution in [-0.2, 0) is 0 Å². The summed E-state index contributed by atoms with van der Waals surface area (Å²) in [4.78, 5) is 31.0. The van der Waals surface area contributed by atoms with Crippen LogP contribution in [0.4, 0.5) is 36.3 Å². The number of amides is 1. The fraction of sp³-hybridized carbons (Fsp3) is 0.0455. The van der Waals surface area contributed by atoms with Gasteiger partial charge in [-0.05, 0) is 54.6 Å². The molecule has 0 aliphatic heterocycles. The lowest BCUT2D eigenvalue weighted by Gasteiger charge is -2.22. The molecule has 1 N–H and O–H groups in total. The summed E-state index contributed by atoms with van der Waals surface area (Å²) < 4.78 is 40.8. The number of alkyl halides is 3. The van der Waals surface area contributed by atoms with Gasteiger partial charge in [-0.1, -0.05) is 6.07 Å². The van der Waals surface area contributed by atoms with Crippen molar-refractivity contribution in [3.8, 4) is 5.75 Å². The van der Waals surface area contributed by atoms with E-state index in [1.165, 1.54) is 18.5 Å². The standard InChI is InChI=1S/C22H15F3N6O2/c23-22(24,25)33-18-7-5-15(6-8-18)20(32)30-16-3-1-4-17(13-16)31(19-9-12-26-14-29-19)21-27-10-2-11-28-21/h1-14H,(H,30,32). The summed E-state index contributed by atoms with van der Waals surface area (Å²) in [6.07, 6.45) is 1.35. The molecular formula is C22H15F3N6O2. The lowest BCUT2D eigenvalue weighted by Crippen LogP contribution is -2.17. The highest BCUT2D eigenvalue weighted by Crippen LogP contribution is 2.31. The number of nitrogens with one attached hydrogen (secondary N) is 1. The van der Waals surface area contributed by atoms with E-state index in [1.54, 1.807) is 59.9 Å². The Balaban J connectivity index is 1.57.